The second-order valence-electron chi connectivity index (χ2n) is 5.24. The zero-order valence-electron chi connectivity index (χ0n) is 12.9. The van der Waals surface area contributed by atoms with Gasteiger partial charge in [-0.15, -0.1) is 23.1 Å². The number of ketones is 1. The molecule has 0 aliphatic rings. The van der Waals surface area contributed by atoms with E-state index in [1.807, 2.05) is 41.8 Å². The maximum Gasteiger partial charge on any atom is 0.249 e. The molecule has 122 valence electrons. The number of thioether (sulfide) groups is 1. The van der Waals surface area contributed by atoms with Gasteiger partial charge in [-0.25, -0.2) is 4.98 Å². The molecule has 3 aromatic rings. The van der Waals surface area contributed by atoms with E-state index >= 15 is 0 Å². The summed E-state index contributed by atoms with van der Waals surface area (Å²) in [5.74, 6) is 0.485. The van der Waals surface area contributed by atoms with Crippen molar-refractivity contribution in [3.63, 3.8) is 0 Å². The van der Waals surface area contributed by atoms with E-state index in [0.29, 0.717) is 12.0 Å². The molecule has 0 atom stereocenters. The largest absolute Gasteiger partial charge is 0.366 e. The molecule has 0 bridgehead atoms. The van der Waals surface area contributed by atoms with E-state index in [1.54, 1.807) is 6.07 Å². The molecule has 0 saturated carbocycles. The number of pyridine rings is 1. The van der Waals surface area contributed by atoms with E-state index in [0.717, 1.165) is 33.0 Å². The topological polar surface area (TPSA) is 73.1 Å². The van der Waals surface area contributed by atoms with E-state index in [9.17, 15) is 9.59 Å². The van der Waals surface area contributed by atoms with Crippen molar-refractivity contribution in [3.05, 3.63) is 58.3 Å². The molecule has 0 radical (unpaired) electrons. The van der Waals surface area contributed by atoms with Crippen molar-refractivity contribution >= 4 is 45.7 Å². The van der Waals surface area contributed by atoms with Crippen molar-refractivity contribution in [2.75, 3.05) is 5.75 Å². The van der Waals surface area contributed by atoms with Gasteiger partial charge in [-0.05, 0) is 35.8 Å². The molecule has 24 heavy (non-hydrogen) atoms. The van der Waals surface area contributed by atoms with Crippen LogP contribution < -0.4 is 5.73 Å². The van der Waals surface area contributed by atoms with E-state index in [2.05, 4.69) is 4.98 Å². The molecule has 2 heterocycles. The number of primary amides is 1. The lowest BCUT2D eigenvalue weighted by atomic mass is 10.1. The first-order valence-electron chi connectivity index (χ1n) is 7.54. The minimum atomic E-state index is -0.455. The number of hydrogen-bond acceptors (Lipinski definition) is 5. The molecule has 2 aromatic heterocycles. The number of rotatable bonds is 7. The molecular formula is C18H16N2O2S2. The second-order valence-corrected chi connectivity index (χ2v) is 7.30. The highest BCUT2D eigenvalue weighted by molar-refractivity contribution is 7.99. The Balaban J connectivity index is 1.65. The minimum absolute atomic E-state index is 0.176. The summed E-state index contributed by atoms with van der Waals surface area (Å²) in [5.41, 5.74) is 6.72. The quantitative estimate of drug-likeness (QED) is 0.392. The number of fused-ring (bicyclic) bond motifs is 1. The van der Waals surface area contributed by atoms with Crippen molar-refractivity contribution < 1.29 is 9.59 Å². The third-order valence-electron chi connectivity index (χ3n) is 3.55. The van der Waals surface area contributed by atoms with E-state index in [1.165, 1.54) is 23.1 Å². The number of Topliss-reactive ketones (excluding diaryl/α,β-unsaturated/α-hetero) is 1. The summed E-state index contributed by atoms with van der Waals surface area (Å²) < 4.78 is 0. The fourth-order valence-corrected chi connectivity index (χ4v) is 3.96. The Morgan fingerprint density at radius 1 is 1.17 bits per heavy atom. The molecule has 0 aliphatic heterocycles. The molecule has 3 rings (SSSR count). The molecule has 0 fully saturated rings. The lowest BCUT2D eigenvalue weighted by molar-refractivity contribution is 0.0982. The van der Waals surface area contributed by atoms with Crippen molar-refractivity contribution in [2.24, 2.45) is 5.73 Å². The molecule has 6 heteroatoms. The van der Waals surface area contributed by atoms with Gasteiger partial charge in [0.05, 0.1) is 21.0 Å². The number of hydrogen-bond donors (Lipinski definition) is 1. The Morgan fingerprint density at radius 3 is 2.75 bits per heavy atom. The molecule has 1 amide bonds. The first-order chi connectivity index (χ1) is 11.6. The number of aromatic nitrogens is 1. The third-order valence-corrected chi connectivity index (χ3v) is 5.46. The van der Waals surface area contributed by atoms with Gasteiger partial charge in [-0.1, -0.05) is 24.3 Å². The Morgan fingerprint density at radius 2 is 2.00 bits per heavy atom. The maximum absolute atomic E-state index is 12.0. The number of benzene rings is 1. The van der Waals surface area contributed by atoms with Crippen LogP contribution in [0.15, 0.2) is 52.9 Å². The monoisotopic (exact) mass is 356 g/mol. The molecule has 2 N–H and O–H groups in total. The van der Waals surface area contributed by atoms with Crippen molar-refractivity contribution in [3.8, 4) is 0 Å². The number of carbonyl (C=O) groups excluding carboxylic acids is 2. The first kappa shape index (κ1) is 16.7. The number of thiophene rings is 1. The summed E-state index contributed by atoms with van der Waals surface area (Å²) in [5, 5.41) is 3.43. The van der Waals surface area contributed by atoms with Crippen LogP contribution in [0.3, 0.4) is 0 Å². The molecular weight excluding hydrogens is 340 g/mol. The summed E-state index contributed by atoms with van der Waals surface area (Å²) in [4.78, 5) is 29.0. The fraction of sp³-hybridized carbons (Fsp3) is 0.167. The van der Waals surface area contributed by atoms with Gasteiger partial charge in [0.15, 0.2) is 5.78 Å². The molecule has 1 aromatic carbocycles. The number of amides is 1. The Kier molecular flexibility index (Phi) is 5.27. The van der Waals surface area contributed by atoms with Gasteiger partial charge in [0.25, 0.3) is 0 Å². The van der Waals surface area contributed by atoms with Gasteiger partial charge in [-0.3, -0.25) is 9.59 Å². The molecule has 0 aliphatic carbocycles. The van der Waals surface area contributed by atoms with Crippen molar-refractivity contribution in [2.45, 2.75) is 17.9 Å². The average molecular weight is 356 g/mol. The SMILES string of the molecule is NC(=O)c1cc(SCCCC(=O)c2cccs2)nc2ccccc12. The fourth-order valence-electron chi connectivity index (χ4n) is 2.40. The zero-order chi connectivity index (χ0) is 16.9. The van der Waals surface area contributed by atoms with Crippen LogP contribution in [0.2, 0.25) is 0 Å². The molecule has 4 nitrogen and oxygen atoms in total. The summed E-state index contributed by atoms with van der Waals surface area (Å²) >= 11 is 3.01. The highest BCUT2D eigenvalue weighted by Crippen LogP contribution is 2.25. The zero-order valence-corrected chi connectivity index (χ0v) is 14.5. The van der Waals surface area contributed by atoms with Crippen molar-refractivity contribution in [1.82, 2.24) is 4.98 Å². The highest BCUT2D eigenvalue weighted by Gasteiger charge is 2.11. The smallest absolute Gasteiger partial charge is 0.249 e. The van der Waals surface area contributed by atoms with Crippen LogP contribution in [-0.2, 0) is 0 Å². The van der Waals surface area contributed by atoms with Gasteiger partial charge in [0.1, 0.15) is 0 Å². The van der Waals surface area contributed by atoms with Gasteiger partial charge in [0, 0.05) is 11.8 Å². The lowest BCUT2D eigenvalue weighted by Crippen LogP contribution is -2.12. The highest BCUT2D eigenvalue weighted by atomic mass is 32.2. The summed E-state index contributed by atoms with van der Waals surface area (Å²) in [7, 11) is 0. The Hall–Kier alpha value is -2.18. The van der Waals surface area contributed by atoms with Crippen LogP contribution in [0.1, 0.15) is 32.9 Å². The van der Waals surface area contributed by atoms with Gasteiger partial charge in [-0.2, -0.15) is 0 Å². The second kappa shape index (κ2) is 7.59. The van der Waals surface area contributed by atoms with Crippen LogP contribution in [0.5, 0.6) is 0 Å². The predicted molar refractivity (Wildman–Crippen MR) is 98.9 cm³/mol. The summed E-state index contributed by atoms with van der Waals surface area (Å²) in [6.45, 7) is 0. The molecule has 0 saturated heterocycles. The molecule has 0 spiro atoms. The Bertz CT molecular complexity index is 876. The standard InChI is InChI=1S/C18H16N2O2S2/c19-18(22)13-11-17(20-14-6-2-1-5-12(13)14)24-10-3-7-15(21)16-8-4-9-23-16/h1-2,4-6,8-9,11H,3,7,10H2,(H2,19,22). The predicted octanol–water partition coefficient (Wildman–Crippen LogP) is 4.15. The van der Waals surface area contributed by atoms with Crippen LogP contribution in [-0.4, -0.2) is 22.4 Å². The van der Waals surface area contributed by atoms with E-state index in [4.69, 9.17) is 5.73 Å². The van der Waals surface area contributed by atoms with Crippen LogP contribution in [0.4, 0.5) is 0 Å². The maximum atomic E-state index is 12.0. The van der Waals surface area contributed by atoms with E-state index < -0.39 is 5.91 Å². The average Bonchev–Trinajstić information content (AvgIpc) is 3.12. The van der Waals surface area contributed by atoms with Gasteiger partial charge < -0.3 is 5.73 Å². The number of nitrogens with two attached hydrogens (primary N) is 1. The number of nitrogens with zero attached hydrogens (tertiary/aromatic N) is 1. The molecule has 0 unspecified atom stereocenters. The van der Waals surface area contributed by atoms with Crippen LogP contribution in [0.25, 0.3) is 10.9 Å². The van der Waals surface area contributed by atoms with Crippen LogP contribution >= 0.6 is 23.1 Å². The van der Waals surface area contributed by atoms with Crippen molar-refractivity contribution in [1.29, 1.82) is 0 Å². The lowest BCUT2D eigenvalue weighted by Gasteiger charge is -2.07. The minimum Gasteiger partial charge on any atom is -0.366 e. The summed E-state index contributed by atoms with van der Waals surface area (Å²) in [6, 6.07) is 12.9. The summed E-state index contributed by atoms with van der Waals surface area (Å²) in [6.07, 6.45) is 1.28. The number of para-hydroxylation sites is 1. The Labute approximate surface area is 148 Å². The van der Waals surface area contributed by atoms with Crippen LogP contribution in [0, 0.1) is 0 Å². The third kappa shape index (κ3) is 3.83. The van der Waals surface area contributed by atoms with Gasteiger partial charge >= 0.3 is 0 Å². The van der Waals surface area contributed by atoms with Gasteiger partial charge in [0.2, 0.25) is 5.91 Å². The first-order valence-corrected chi connectivity index (χ1v) is 9.41. The number of carbonyl (C=O) groups is 2. The normalized spacial score (nSPS) is 10.8. The van der Waals surface area contributed by atoms with E-state index in [-0.39, 0.29) is 5.78 Å².